The molecule has 0 aliphatic carbocycles. The first-order valence-electron chi connectivity index (χ1n) is 5.14. The van der Waals surface area contributed by atoms with Gasteiger partial charge in [-0.05, 0) is 20.3 Å². The van der Waals surface area contributed by atoms with Crippen LogP contribution in [0.25, 0.3) is 0 Å². The second kappa shape index (κ2) is 5.00. The number of imidazole rings is 1. The van der Waals surface area contributed by atoms with Crippen LogP contribution in [-0.4, -0.2) is 16.2 Å². The van der Waals surface area contributed by atoms with Crippen molar-refractivity contribution in [2.45, 2.75) is 39.8 Å². The molecule has 4 heteroatoms. The largest absolute Gasteiger partial charge is 0.465 e. The first kappa shape index (κ1) is 11.0. The van der Waals surface area contributed by atoms with Crippen molar-refractivity contribution < 1.29 is 4.74 Å². The molecule has 1 heterocycles. The molecule has 1 aromatic heterocycles. The van der Waals surface area contributed by atoms with E-state index in [2.05, 4.69) is 18.8 Å². The van der Waals surface area contributed by atoms with Crippen LogP contribution in [0.15, 0.2) is 6.20 Å². The standard InChI is InChI=1S/C10H19N3O/c1-4-6-14-10-12-7-9(8(3)11)13(10)5-2/h7-8H,4-6,11H2,1-3H3. The lowest BCUT2D eigenvalue weighted by Crippen LogP contribution is -2.13. The summed E-state index contributed by atoms with van der Waals surface area (Å²) < 4.78 is 7.52. The third kappa shape index (κ3) is 2.26. The first-order valence-corrected chi connectivity index (χ1v) is 5.14. The highest BCUT2D eigenvalue weighted by Gasteiger charge is 2.11. The van der Waals surface area contributed by atoms with Crippen LogP contribution in [0.5, 0.6) is 6.01 Å². The molecule has 0 spiro atoms. The fraction of sp³-hybridized carbons (Fsp3) is 0.700. The van der Waals surface area contributed by atoms with Gasteiger partial charge in [0.15, 0.2) is 0 Å². The van der Waals surface area contributed by atoms with E-state index in [0.29, 0.717) is 12.6 Å². The van der Waals surface area contributed by atoms with Crippen molar-refractivity contribution >= 4 is 0 Å². The molecule has 0 aromatic carbocycles. The Morgan fingerprint density at radius 1 is 1.57 bits per heavy atom. The van der Waals surface area contributed by atoms with Crippen molar-refractivity contribution in [2.75, 3.05) is 6.61 Å². The predicted octanol–water partition coefficient (Wildman–Crippen LogP) is 1.71. The molecule has 2 N–H and O–H groups in total. The lowest BCUT2D eigenvalue weighted by Gasteiger charge is -2.11. The molecule has 0 aliphatic rings. The quantitative estimate of drug-likeness (QED) is 0.781. The predicted molar refractivity (Wildman–Crippen MR) is 56.3 cm³/mol. The number of nitrogens with zero attached hydrogens (tertiary/aromatic N) is 2. The number of aromatic nitrogens is 2. The van der Waals surface area contributed by atoms with Crippen molar-refractivity contribution in [3.63, 3.8) is 0 Å². The molecule has 0 saturated carbocycles. The lowest BCUT2D eigenvalue weighted by molar-refractivity contribution is 0.277. The Bertz CT molecular complexity index is 281. The van der Waals surface area contributed by atoms with E-state index in [4.69, 9.17) is 10.5 Å². The van der Waals surface area contributed by atoms with E-state index in [-0.39, 0.29) is 6.04 Å². The molecule has 0 radical (unpaired) electrons. The van der Waals surface area contributed by atoms with Gasteiger partial charge in [-0.15, -0.1) is 0 Å². The minimum absolute atomic E-state index is 0.00132. The van der Waals surface area contributed by atoms with Crippen LogP contribution in [0.3, 0.4) is 0 Å². The lowest BCUT2D eigenvalue weighted by atomic mass is 10.3. The fourth-order valence-electron chi connectivity index (χ4n) is 1.36. The van der Waals surface area contributed by atoms with Gasteiger partial charge in [-0.3, -0.25) is 4.57 Å². The first-order chi connectivity index (χ1) is 6.70. The summed E-state index contributed by atoms with van der Waals surface area (Å²) in [5.41, 5.74) is 6.84. The van der Waals surface area contributed by atoms with Crippen LogP contribution in [0.4, 0.5) is 0 Å². The number of rotatable bonds is 5. The highest BCUT2D eigenvalue weighted by atomic mass is 16.5. The molecule has 14 heavy (non-hydrogen) atoms. The van der Waals surface area contributed by atoms with Crippen LogP contribution in [-0.2, 0) is 6.54 Å². The number of nitrogens with two attached hydrogens (primary N) is 1. The highest BCUT2D eigenvalue weighted by molar-refractivity contribution is 5.12. The molecule has 1 unspecified atom stereocenters. The third-order valence-electron chi connectivity index (χ3n) is 2.07. The van der Waals surface area contributed by atoms with Gasteiger partial charge in [0.05, 0.1) is 18.5 Å². The SMILES string of the molecule is CCCOc1ncc(C(C)N)n1CC. The average molecular weight is 197 g/mol. The van der Waals surface area contributed by atoms with Gasteiger partial charge in [0.25, 0.3) is 6.01 Å². The normalized spacial score (nSPS) is 12.9. The average Bonchev–Trinajstić information content (AvgIpc) is 2.57. The summed E-state index contributed by atoms with van der Waals surface area (Å²) >= 11 is 0. The zero-order valence-electron chi connectivity index (χ0n) is 9.16. The van der Waals surface area contributed by atoms with E-state index < -0.39 is 0 Å². The van der Waals surface area contributed by atoms with Crippen molar-refractivity contribution in [1.29, 1.82) is 0 Å². The molecular weight excluding hydrogens is 178 g/mol. The second-order valence-corrected chi connectivity index (χ2v) is 3.35. The van der Waals surface area contributed by atoms with E-state index in [1.165, 1.54) is 0 Å². The number of ether oxygens (including phenoxy) is 1. The minimum atomic E-state index is 0.00132. The number of hydrogen-bond acceptors (Lipinski definition) is 3. The van der Waals surface area contributed by atoms with Gasteiger partial charge in [0, 0.05) is 12.6 Å². The van der Waals surface area contributed by atoms with E-state index in [1.807, 2.05) is 11.5 Å². The Morgan fingerprint density at radius 2 is 2.29 bits per heavy atom. The summed E-state index contributed by atoms with van der Waals surface area (Å²) in [6.07, 6.45) is 2.78. The summed E-state index contributed by atoms with van der Waals surface area (Å²) in [6, 6.07) is 0.683. The molecule has 1 aromatic rings. The molecule has 1 rings (SSSR count). The Labute approximate surface area is 85.1 Å². The second-order valence-electron chi connectivity index (χ2n) is 3.35. The van der Waals surface area contributed by atoms with Crippen LogP contribution >= 0.6 is 0 Å². The summed E-state index contributed by atoms with van der Waals surface area (Å²) in [5, 5.41) is 0. The van der Waals surface area contributed by atoms with E-state index in [9.17, 15) is 0 Å². The van der Waals surface area contributed by atoms with Gasteiger partial charge in [-0.25, -0.2) is 4.98 Å². The summed E-state index contributed by atoms with van der Waals surface area (Å²) in [7, 11) is 0. The van der Waals surface area contributed by atoms with Gasteiger partial charge in [0.2, 0.25) is 0 Å². The van der Waals surface area contributed by atoms with E-state index in [1.54, 1.807) is 6.20 Å². The van der Waals surface area contributed by atoms with E-state index >= 15 is 0 Å². The maximum Gasteiger partial charge on any atom is 0.296 e. The molecule has 0 aliphatic heterocycles. The van der Waals surface area contributed by atoms with Crippen molar-refractivity contribution in [3.8, 4) is 6.01 Å². The minimum Gasteiger partial charge on any atom is -0.465 e. The van der Waals surface area contributed by atoms with Crippen molar-refractivity contribution in [3.05, 3.63) is 11.9 Å². The fourth-order valence-corrected chi connectivity index (χ4v) is 1.36. The summed E-state index contributed by atoms with van der Waals surface area (Å²) in [4.78, 5) is 4.21. The highest BCUT2D eigenvalue weighted by Crippen LogP contribution is 2.17. The third-order valence-corrected chi connectivity index (χ3v) is 2.07. The number of hydrogen-bond donors (Lipinski definition) is 1. The smallest absolute Gasteiger partial charge is 0.296 e. The van der Waals surface area contributed by atoms with Gasteiger partial charge in [-0.2, -0.15) is 0 Å². The molecule has 80 valence electrons. The zero-order chi connectivity index (χ0) is 10.6. The molecule has 4 nitrogen and oxygen atoms in total. The van der Waals surface area contributed by atoms with Gasteiger partial charge in [-0.1, -0.05) is 6.92 Å². The van der Waals surface area contributed by atoms with Gasteiger partial charge < -0.3 is 10.5 Å². The maximum absolute atomic E-state index is 5.82. The van der Waals surface area contributed by atoms with Crippen LogP contribution in [0.1, 0.15) is 38.9 Å². The van der Waals surface area contributed by atoms with Crippen molar-refractivity contribution in [2.24, 2.45) is 5.73 Å². The monoisotopic (exact) mass is 197 g/mol. The van der Waals surface area contributed by atoms with Crippen LogP contribution in [0, 0.1) is 0 Å². The Balaban J connectivity index is 2.84. The van der Waals surface area contributed by atoms with E-state index in [0.717, 1.165) is 18.7 Å². The topological polar surface area (TPSA) is 53.1 Å². The summed E-state index contributed by atoms with van der Waals surface area (Å²) in [6.45, 7) is 7.64. The van der Waals surface area contributed by atoms with Gasteiger partial charge >= 0.3 is 0 Å². The molecular formula is C10H19N3O. The zero-order valence-corrected chi connectivity index (χ0v) is 9.16. The van der Waals surface area contributed by atoms with Crippen molar-refractivity contribution in [1.82, 2.24) is 9.55 Å². The van der Waals surface area contributed by atoms with Gasteiger partial charge in [0.1, 0.15) is 0 Å². The Kier molecular flexibility index (Phi) is 3.95. The van der Waals surface area contributed by atoms with Crippen LogP contribution in [0.2, 0.25) is 0 Å². The molecule has 0 amide bonds. The van der Waals surface area contributed by atoms with Crippen LogP contribution < -0.4 is 10.5 Å². The molecule has 0 fully saturated rings. The Hall–Kier alpha value is -1.03. The molecule has 0 saturated heterocycles. The Morgan fingerprint density at radius 3 is 2.79 bits per heavy atom. The maximum atomic E-state index is 5.82. The summed E-state index contributed by atoms with van der Waals surface area (Å²) in [5.74, 6) is 0. The molecule has 0 bridgehead atoms. The molecule has 1 atom stereocenters.